The zero-order chi connectivity index (χ0) is 24.4. The minimum absolute atomic E-state index is 0.0155. The molecule has 4 aliphatic rings. The second-order valence-corrected chi connectivity index (χ2v) is 11.4. The Kier molecular flexibility index (Phi) is 5.72. The first-order valence-corrected chi connectivity index (χ1v) is 12.7. The number of allylic oxidation sites excluding steroid dienone is 4. The number of phosphoric ester groups is 1. The van der Waals surface area contributed by atoms with Gasteiger partial charge in [0.2, 0.25) is 5.78 Å². The maximum absolute atomic E-state index is 13.7. The minimum atomic E-state index is -4.92. The molecule has 0 aliphatic heterocycles. The Morgan fingerprint density at radius 2 is 1.91 bits per heavy atom. The van der Waals surface area contributed by atoms with Crippen molar-refractivity contribution in [2.24, 2.45) is 28.6 Å². The van der Waals surface area contributed by atoms with Crippen LogP contribution in [0.15, 0.2) is 23.8 Å². The molecule has 3 fully saturated rings. The maximum atomic E-state index is 13.7. The van der Waals surface area contributed by atoms with Crippen molar-refractivity contribution in [3.63, 3.8) is 0 Å². The Bertz CT molecular complexity index is 1040. The van der Waals surface area contributed by atoms with Crippen molar-refractivity contribution in [2.75, 3.05) is 6.61 Å². The quantitative estimate of drug-likeness (QED) is 0.448. The van der Waals surface area contributed by atoms with E-state index in [9.17, 15) is 23.7 Å². The minimum Gasteiger partial charge on any atom is -0.451 e. The van der Waals surface area contributed by atoms with E-state index in [1.807, 2.05) is 13.0 Å². The Morgan fingerprint density at radius 3 is 2.55 bits per heavy atom. The van der Waals surface area contributed by atoms with Gasteiger partial charge in [0.05, 0.1) is 0 Å². The molecule has 0 saturated heterocycles. The van der Waals surface area contributed by atoms with Crippen LogP contribution in [0.4, 0.5) is 0 Å². The molecule has 0 bridgehead atoms. The fraction of sp³-hybridized carbons (Fsp3) is 0.652. The molecule has 0 aromatic rings. The summed E-state index contributed by atoms with van der Waals surface area (Å²) in [6.45, 7) is 4.00. The third-order valence-electron chi connectivity index (χ3n) is 8.51. The summed E-state index contributed by atoms with van der Waals surface area (Å²) in [5, 5.41) is 0. The SMILES string of the molecule is CC(=O)O[C@]1(C(=O)COP(=O)(O)O)CCC2C3CCC4=CC(=O)C=C[C@]4(C)C3C(=O)C[C@@]21C. The van der Waals surface area contributed by atoms with E-state index in [-0.39, 0.29) is 42.2 Å². The van der Waals surface area contributed by atoms with Crippen LogP contribution in [0.25, 0.3) is 0 Å². The molecule has 2 N–H and O–H groups in total. The molecule has 9 nitrogen and oxygen atoms in total. The van der Waals surface area contributed by atoms with Crippen molar-refractivity contribution in [1.82, 2.24) is 0 Å². The molecular weight excluding hydrogens is 451 g/mol. The summed E-state index contributed by atoms with van der Waals surface area (Å²) in [5.41, 5.74) is -2.36. The van der Waals surface area contributed by atoms with Crippen LogP contribution in [0.3, 0.4) is 0 Å². The molecule has 33 heavy (non-hydrogen) atoms. The number of carbonyl (C=O) groups excluding carboxylic acids is 4. The Morgan fingerprint density at radius 1 is 1.21 bits per heavy atom. The molecule has 4 aliphatic carbocycles. The molecule has 10 heteroatoms. The van der Waals surface area contributed by atoms with E-state index in [4.69, 9.17) is 14.5 Å². The second-order valence-electron chi connectivity index (χ2n) is 10.2. The highest BCUT2D eigenvalue weighted by molar-refractivity contribution is 7.46. The zero-order valence-electron chi connectivity index (χ0n) is 18.9. The molecule has 3 unspecified atom stereocenters. The number of fused-ring (bicyclic) bond motifs is 5. The summed E-state index contributed by atoms with van der Waals surface area (Å²) in [5.74, 6) is -2.15. The second kappa shape index (κ2) is 7.80. The Labute approximate surface area is 191 Å². The topological polar surface area (TPSA) is 144 Å². The highest BCUT2D eigenvalue weighted by Gasteiger charge is 2.70. The summed E-state index contributed by atoms with van der Waals surface area (Å²) in [7, 11) is -4.92. The lowest BCUT2D eigenvalue weighted by atomic mass is 9.46. The molecule has 0 radical (unpaired) electrons. The first kappa shape index (κ1) is 24.2. The average Bonchev–Trinajstić information content (AvgIpc) is 2.98. The highest BCUT2D eigenvalue weighted by atomic mass is 31.2. The van der Waals surface area contributed by atoms with Crippen LogP contribution in [0.2, 0.25) is 0 Å². The summed E-state index contributed by atoms with van der Waals surface area (Å²) < 4.78 is 21.3. The third kappa shape index (κ3) is 3.70. The summed E-state index contributed by atoms with van der Waals surface area (Å²) in [4.78, 5) is 69.1. The van der Waals surface area contributed by atoms with Crippen molar-refractivity contribution in [3.8, 4) is 0 Å². The van der Waals surface area contributed by atoms with Crippen LogP contribution in [-0.4, -0.2) is 45.3 Å². The van der Waals surface area contributed by atoms with E-state index in [0.29, 0.717) is 19.3 Å². The first-order valence-electron chi connectivity index (χ1n) is 11.1. The smallest absolute Gasteiger partial charge is 0.451 e. The standard InChI is InChI=1S/C23H29O9P/c1-13(24)32-23(19(27)12-31-33(28,29)30)9-7-17-16-5-4-14-10-15(25)6-8-21(14,2)20(16)18(26)11-22(17,23)3/h6,8,10,16-17,20H,4-5,7,9,11-12H2,1-3H3,(H2,28,29,30)/t16?,17?,20?,21-,22-,23-/m0/s1. The van der Waals surface area contributed by atoms with Gasteiger partial charge < -0.3 is 14.5 Å². The number of hydrogen-bond donors (Lipinski definition) is 2. The summed E-state index contributed by atoms with van der Waals surface area (Å²) >= 11 is 0. The lowest BCUT2D eigenvalue weighted by Crippen LogP contribution is -2.62. The van der Waals surface area contributed by atoms with Gasteiger partial charge in [-0.05, 0) is 49.7 Å². The third-order valence-corrected chi connectivity index (χ3v) is 8.97. The summed E-state index contributed by atoms with van der Waals surface area (Å²) in [6.07, 6.45) is 6.95. The molecule has 3 saturated carbocycles. The van der Waals surface area contributed by atoms with E-state index >= 15 is 0 Å². The van der Waals surface area contributed by atoms with Crippen LogP contribution in [0.1, 0.15) is 52.9 Å². The van der Waals surface area contributed by atoms with Crippen molar-refractivity contribution in [1.29, 1.82) is 0 Å². The maximum Gasteiger partial charge on any atom is 0.470 e. The molecule has 0 amide bonds. The van der Waals surface area contributed by atoms with Gasteiger partial charge in [0.15, 0.2) is 11.4 Å². The van der Waals surface area contributed by atoms with Gasteiger partial charge in [-0.15, -0.1) is 0 Å². The zero-order valence-corrected chi connectivity index (χ0v) is 19.8. The molecule has 0 aromatic carbocycles. The van der Waals surface area contributed by atoms with Crippen molar-refractivity contribution in [3.05, 3.63) is 23.8 Å². The predicted molar refractivity (Wildman–Crippen MR) is 115 cm³/mol. The fourth-order valence-electron chi connectivity index (χ4n) is 7.20. The van der Waals surface area contributed by atoms with E-state index in [0.717, 1.165) is 5.57 Å². The normalized spacial score (nSPS) is 39.9. The van der Waals surface area contributed by atoms with Gasteiger partial charge in [-0.1, -0.05) is 25.5 Å². The van der Waals surface area contributed by atoms with Gasteiger partial charge in [0.1, 0.15) is 12.4 Å². The van der Waals surface area contributed by atoms with E-state index in [1.165, 1.54) is 13.0 Å². The van der Waals surface area contributed by atoms with Crippen LogP contribution in [-0.2, 0) is 33.0 Å². The number of Topliss-reactive ketones (excluding diaryl/α,β-unsaturated/α-hetero) is 2. The number of ether oxygens (including phenoxy) is 1. The fourth-order valence-corrected chi connectivity index (χ4v) is 7.49. The molecule has 0 spiro atoms. The summed E-state index contributed by atoms with van der Waals surface area (Å²) in [6, 6.07) is 0. The average molecular weight is 480 g/mol. The van der Waals surface area contributed by atoms with Crippen molar-refractivity contribution < 1.29 is 42.8 Å². The molecule has 4 rings (SSSR count). The largest absolute Gasteiger partial charge is 0.470 e. The molecule has 180 valence electrons. The lowest BCUT2D eigenvalue weighted by molar-refractivity contribution is -0.189. The number of ketones is 3. The van der Waals surface area contributed by atoms with Gasteiger partial charge in [0.25, 0.3) is 0 Å². The van der Waals surface area contributed by atoms with Crippen molar-refractivity contribution >= 4 is 31.1 Å². The number of phosphoric acid groups is 1. The van der Waals surface area contributed by atoms with E-state index < -0.39 is 42.6 Å². The molecule has 0 aromatic heterocycles. The number of rotatable bonds is 5. The molecule has 6 atom stereocenters. The Hall–Kier alpha value is -1.93. The first-order chi connectivity index (χ1) is 15.2. The predicted octanol–water partition coefficient (Wildman–Crippen LogP) is 2.45. The number of esters is 1. The van der Waals surface area contributed by atoms with Crippen LogP contribution in [0.5, 0.6) is 0 Å². The van der Waals surface area contributed by atoms with Crippen molar-refractivity contribution in [2.45, 2.75) is 58.5 Å². The number of hydrogen-bond acceptors (Lipinski definition) is 7. The number of carbonyl (C=O) groups is 4. The Balaban J connectivity index is 1.73. The van der Waals surface area contributed by atoms with E-state index in [1.54, 1.807) is 13.0 Å². The van der Waals surface area contributed by atoms with E-state index in [2.05, 4.69) is 4.52 Å². The molecular formula is C23H29O9P. The molecule has 0 heterocycles. The van der Waals surface area contributed by atoms with Gasteiger partial charge in [0, 0.05) is 30.1 Å². The van der Waals surface area contributed by atoms with Crippen LogP contribution < -0.4 is 0 Å². The van der Waals surface area contributed by atoms with Gasteiger partial charge in [-0.3, -0.25) is 23.7 Å². The highest BCUT2D eigenvalue weighted by Crippen LogP contribution is 2.67. The monoisotopic (exact) mass is 480 g/mol. The van der Waals surface area contributed by atoms with Gasteiger partial charge in [-0.25, -0.2) is 4.57 Å². The lowest BCUT2D eigenvalue weighted by Gasteiger charge is -2.57. The van der Waals surface area contributed by atoms with Gasteiger partial charge in [-0.2, -0.15) is 0 Å². The van der Waals surface area contributed by atoms with Crippen LogP contribution in [0, 0.1) is 28.6 Å². The van der Waals surface area contributed by atoms with Crippen LogP contribution >= 0.6 is 7.82 Å². The van der Waals surface area contributed by atoms with Gasteiger partial charge >= 0.3 is 13.8 Å².